The highest BCUT2D eigenvalue weighted by molar-refractivity contribution is 5.94. The number of nitrogens with zero attached hydrogens (tertiary/aromatic N) is 4. The Morgan fingerprint density at radius 1 is 1.07 bits per heavy atom. The minimum Gasteiger partial charge on any atom is -0.378 e. The van der Waals surface area contributed by atoms with Gasteiger partial charge in [0.15, 0.2) is 0 Å². The second-order valence-corrected chi connectivity index (χ2v) is 6.48. The standard InChI is InChI=1S/C18H17F3N4O2/c19-18(20,21)14-3-1-12(2-4-14)16(26)25-10-13-9-22-17(23-15(13)11-25)24-5-7-27-8-6-24/h1-4,9H,5-8,10-11H2. The summed E-state index contributed by atoms with van der Waals surface area (Å²) in [5.74, 6) is 0.288. The minimum absolute atomic E-state index is 0.220. The van der Waals surface area contributed by atoms with Gasteiger partial charge in [-0.2, -0.15) is 13.2 Å². The number of morpholine rings is 1. The molecule has 1 amide bonds. The van der Waals surface area contributed by atoms with E-state index < -0.39 is 11.7 Å². The van der Waals surface area contributed by atoms with Gasteiger partial charge in [-0.15, -0.1) is 0 Å². The number of carbonyl (C=O) groups is 1. The van der Waals surface area contributed by atoms with E-state index >= 15 is 0 Å². The highest BCUT2D eigenvalue weighted by Gasteiger charge is 2.31. The Bertz CT molecular complexity index is 849. The minimum atomic E-state index is -4.42. The summed E-state index contributed by atoms with van der Waals surface area (Å²) in [6, 6.07) is 4.26. The average Bonchev–Trinajstić information content (AvgIpc) is 3.11. The Balaban J connectivity index is 1.48. The number of halogens is 3. The second-order valence-electron chi connectivity index (χ2n) is 6.48. The molecule has 2 aromatic rings. The molecule has 0 saturated carbocycles. The number of fused-ring (bicyclic) bond motifs is 1. The van der Waals surface area contributed by atoms with Gasteiger partial charge in [-0.3, -0.25) is 4.79 Å². The number of amides is 1. The first-order valence-electron chi connectivity index (χ1n) is 8.56. The normalized spacial score (nSPS) is 17.1. The lowest BCUT2D eigenvalue weighted by Gasteiger charge is -2.26. The molecule has 1 aromatic carbocycles. The predicted molar refractivity (Wildman–Crippen MR) is 90.1 cm³/mol. The Morgan fingerprint density at radius 2 is 1.78 bits per heavy atom. The third-order valence-electron chi connectivity index (χ3n) is 4.68. The van der Waals surface area contributed by atoms with Crippen molar-refractivity contribution >= 4 is 11.9 Å². The summed E-state index contributed by atoms with van der Waals surface area (Å²) in [6.07, 6.45) is -2.70. The summed E-state index contributed by atoms with van der Waals surface area (Å²) in [7, 11) is 0. The highest BCUT2D eigenvalue weighted by Crippen LogP contribution is 2.30. The topological polar surface area (TPSA) is 58.6 Å². The molecule has 0 bridgehead atoms. The Kier molecular flexibility index (Phi) is 4.47. The van der Waals surface area contributed by atoms with Crippen LogP contribution in [0.2, 0.25) is 0 Å². The van der Waals surface area contributed by atoms with Gasteiger partial charge in [-0.25, -0.2) is 9.97 Å². The van der Waals surface area contributed by atoms with E-state index in [2.05, 4.69) is 9.97 Å². The van der Waals surface area contributed by atoms with Crippen molar-refractivity contribution in [2.24, 2.45) is 0 Å². The highest BCUT2D eigenvalue weighted by atomic mass is 19.4. The van der Waals surface area contributed by atoms with Gasteiger partial charge in [0.1, 0.15) is 0 Å². The fourth-order valence-corrected chi connectivity index (χ4v) is 3.19. The van der Waals surface area contributed by atoms with Crippen molar-refractivity contribution in [2.45, 2.75) is 19.3 Å². The van der Waals surface area contributed by atoms with Crippen LogP contribution < -0.4 is 4.90 Å². The van der Waals surface area contributed by atoms with E-state index in [0.29, 0.717) is 45.3 Å². The maximum Gasteiger partial charge on any atom is 0.416 e. The average molecular weight is 378 g/mol. The Labute approximate surface area is 153 Å². The number of hydrogen-bond donors (Lipinski definition) is 0. The van der Waals surface area contributed by atoms with E-state index in [0.717, 1.165) is 23.4 Å². The molecule has 2 aliphatic rings. The number of benzene rings is 1. The maximum absolute atomic E-state index is 12.7. The van der Waals surface area contributed by atoms with E-state index in [1.165, 1.54) is 12.1 Å². The smallest absolute Gasteiger partial charge is 0.378 e. The van der Waals surface area contributed by atoms with Crippen LogP contribution in [-0.2, 0) is 24.0 Å². The summed E-state index contributed by atoms with van der Waals surface area (Å²) in [6.45, 7) is 3.34. The number of ether oxygens (including phenoxy) is 1. The van der Waals surface area contributed by atoms with E-state index in [-0.39, 0.29) is 11.5 Å². The molecule has 6 nitrogen and oxygen atoms in total. The number of rotatable bonds is 2. The zero-order valence-corrected chi connectivity index (χ0v) is 14.4. The van der Waals surface area contributed by atoms with Crippen molar-refractivity contribution in [3.05, 3.63) is 52.8 Å². The molecule has 0 N–H and O–H groups in total. The molecule has 0 radical (unpaired) electrons. The third kappa shape index (κ3) is 3.59. The molecule has 2 aliphatic heterocycles. The number of hydrogen-bond acceptors (Lipinski definition) is 5. The lowest BCUT2D eigenvalue weighted by atomic mass is 10.1. The van der Waals surface area contributed by atoms with Crippen LogP contribution in [0.15, 0.2) is 30.5 Å². The van der Waals surface area contributed by atoms with Crippen LogP contribution in [0, 0.1) is 0 Å². The lowest BCUT2D eigenvalue weighted by Crippen LogP contribution is -2.37. The van der Waals surface area contributed by atoms with Gasteiger partial charge in [0, 0.05) is 37.0 Å². The van der Waals surface area contributed by atoms with E-state index in [9.17, 15) is 18.0 Å². The number of anilines is 1. The molecule has 142 valence electrons. The zero-order chi connectivity index (χ0) is 19.0. The van der Waals surface area contributed by atoms with Crippen molar-refractivity contribution in [1.82, 2.24) is 14.9 Å². The summed E-state index contributed by atoms with van der Waals surface area (Å²) in [5, 5.41) is 0. The van der Waals surface area contributed by atoms with Gasteiger partial charge < -0.3 is 14.5 Å². The van der Waals surface area contributed by atoms with Crippen molar-refractivity contribution in [3.63, 3.8) is 0 Å². The van der Waals surface area contributed by atoms with Gasteiger partial charge >= 0.3 is 6.18 Å². The van der Waals surface area contributed by atoms with Crippen LogP contribution in [0.5, 0.6) is 0 Å². The molecule has 0 aliphatic carbocycles. The fourth-order valence-electron chi connectivity index (χ4n) is 3.19. The summed E-state index contributed by atoms with van der Waals surface area (Å²) >= 11 is 0. The fraction of sp³-hybridized carbons (Fsp3) is 0.389. The lowest BCUT2D eigenvalue weighted by molar-refractivity contribution is -0.137. The molecule has 1 aromatic heterocycles. The molecule has 27 heavy (non-hydrogen) atoms. The van der Waals surface area contributed by atoms with Gasteiger partial charge in [-0.1, -0.05) is 0 Å². The number of carbonyl (C=O) groups excluding carboxylic acids is 1. The van der Waals surface area contributed by atoms with Crippen LogP contribution in [0.3, 0.4) is 0 Å². The van der Waals surface area contributed by atoms with Crippen LogP contribution in [0.1, 0.15) is 27.2 Å². The summed E-state index contributed by atoms with van der Waals surface area (Å²) < 4.78 is 43.3. The molecular weight excluding hydrogens is 361 g/mol. The predicted octanol–water partition coefficient (Wildman–Crippen LogP) is 2.49. The molecule has 0 atom stereocenters. The number of aromatic nitrogens is 2. The van der Waals surface area contributed by atoms with Crippen LogP contribution in [0.25, 0.3) is 0 Å². The van der Waals surface area contributed by atoms with Crippen LogP contribution >= 0.6 is 0 Å². The largest absolute Gasteiger partial charge is 0.416 e. The first kappa shape index (κ1) is 17.7. The van der Waals surface area contributed by atoms with Crippen molar-refractivity contribution in [3.8, 4) is 0 Å². The molecule has 3 heterocycles. The quantitative estimate of drug-likeness (QED) is 0.804. The summed E-state index contributed by atoms with van der Waals surface area (Å²) in [4.78, 5) is 25.2. The Hall–Kier alpha value is -2.68. The van der Waals surface area contributed by atoms with Crippen LogP contribution in [-0.4, -0.2) is 47.1 Å². The molecule has 4 rings (SSSR count). The second kappa shape index (κ2) is 6.80. The molecule has 9 heteroatoms. The van der Waals surface area contributed by atoms with Crippen molar-refractivity contribution < 1.29 is 22.7 Å². The molecule has 0 spiro atoms. The molecule has 1 saturated heterocycles. The maximum atomic E-state index is 12.7. The van der Waals surface area contributed by atoms with Gasteiger partial charge in [0.05, 0.1) is 31.0 Å². The molecule has 1 fully saturated rings. The first-order chi connectivity index (χ1) is 12.9. The van der Waals surface area contributed by atoms with E-state index in [4.69, 9.17) is 4.74 Å². The van der Waals surface area contributed by atoms with Gasteiger partial charge in [0.2, 0.25) is 5.95 Å². The van der Waals surface area contributed by atoms with E-state index in [1.807, 2.05) is 4.90 Å². The Morgan fingerprint density at radius 3 is 2.44 bits per heavy atom. The third-order valence-corrected chi connectivity index (χ3v) is 4.68. The van der Waals surface area contributed by atoms with Gasteiger partial charge in [-0.05, 0) is 24.3 Å². The van der Waals surface area contributed by atoms with Gasteiger partial charge in [0.25, 0.3) is 5.91 Å². The van der Waals surface area contributed by atoms with Crippen LogP contribution in [0.4, 0.5) is 19.1 Å². The summed E-state index contributed by atoms with van der Waals surface area (Å²) in [5.41, 5.74) is 1.07. The number of alkyl halides is 3. The SMILES string of the molecule is O=C(c1ccc(C(F)(F)F)cc1)N1Cc2cnc(N3CCOCC3)nc2C1. The zero-order valence-electron chi connectivity index (χ0n) is 14.4. The monoisotopic (exact) mass is 378 g/mol. The first-order valence-corrected chi connectivity index (χ1v) is 8.56. The van der Waals surface area contributed by atoms with Crippen molar-refractivity contribution in [2.75, 3.05) is 31.2 Å². The molecular formula is C18H17F3N4O2. The molecule has 0 unspecified atom stereocenters. The van der Waals surface area contributed by atoms with E-state index in [1.54, 1.807) is 11.1 Å². The van der Waals surface area contributed by atoms with Crippen molar-refractivity contribution in [1.29, 1.82) is 0 Å².